The summed E-state index contributed by atoms with van der Waals surface area (Å²) in [5.41, 5.74) is 0.637. The van der Waals surface area contributed by atoms with Gasteiger partial charge in [-0.15, -0.1) is 0 Å². The summed E-state index contributed by atoms with van der Waals surface area (Å²) >= 11 is 0. The molecule has 1 saturated carbocycles. The number of aliphatic carboxylic acids is 1. The highest BCUT2D eigenvalue weighted by Crippen LogP contribution is 2.65. The Morgan fingerprint density at radius 3 is 2.56 bits per heavy atom. The molecule has 1 aliphatic carbocycles. The largest absolute Gasteiger partial charge is 0.481 e. The number of rotatable bonds is 2. The van der Waals surface area contributed by atoms with Crippen molar-refractivity contribution >= 4 is 16.9 Å². The van der Waals surface area contributed by atoms with Crippen LogP contribution in [0.2, 0.25) is 0 Å². The molecule has 0 radical (unpaired) electrons. The molecule has 18 heavy (non-hydrogen) atoms. The molecule has 0 bridgehead atoms. The monoisotopic (exact) mass is 244 g/mol. The highest BCUT2D eigenvalue weighted by atomic mass is 16.4. The molecule has 4 heteroatoms. The Morgan fingerprint density at radius 1 is 1.39 bits per heavy atom. The molecule has 3 rings (SSSR count). The number of carboxylic acids is 1. The average Bonchev–Trinajstić information content (AvgIpc) is 2.74. The van der Waals surface area contributed by atoms with E-state index in [4.69, 9.17) is 0 Å². The van der Waals surface area contributed by atoms with E-state index in [1.54, 1.807) is 4.68 Å². The zero-order valence-electron chi connectivity index (χ0n) is 10.8. The van der Waals surface area contributed by atoms with Crippen molar-refractivity contribution in [3.05, 3.63) is 30.0 Å². The smallest absolute Gasteiger partial charge is 0.316 e. The SMILES string of the molecule is Cn1nc(C2(C(=O)O)CC2(C)C)c2ccccc21. The molecule has 1 atom stereocenters. The van der Waals surface area contributed by atoms with Crippen molar-refractivity contribution in [2.45, 2.75) is 25.7 Å². The van der Waals surface area contributed by atoms with Crippen molar-refractivity contribution in [3.8, 4) is 0 Å². The summed E-state index contributed by atoms with van der Waals surface area (Å²) in [6.07, 6.45) is 0.649. The van der Waals surface area contributed by atoms with Crippen molar-refractivity contribution in [3.63, 3.8) is 0 Å². The van der Waals surface area contributed by atoms with Crippen LogP contribution in [0.25, 0.3) is 10.9 Å². The van der Waals surface area contributed by atoms with Crippen LogP contribution in [0.15, 0.2) is 24.3 Å². The van der Waals surface area contributed by atoms with Gasteiger partial charge in [-0.1, -0.05) is 32.0 Å². The maximum atomic E-state index is 11.7. The van der Waals surface area contributed by atoms with Gasteiger partial charge in [-0.25, -0.2) is 0 Å². The Morgan fingerprint density at radius 2 is 2.00 bits per heavy atom. The summed E-state index contributed by atoms with van der Waals surface area (Å²) in [6, 6.07) is 7.80. The van der Waals surface area contributed by atoms with E-state index in [1.165, 1.54) is 0 Å². The number of carboxylic acid groups (broad SMARTS) is 1. The molecule has 0 aliphatic heterocycles. The molecule has 4 nitrogen and oxygen atoms in total. The number of carbonyl (C=O) groups is 1. The second kappa shape index (κ2) is 3.13. The van der Waals surface area contributed by atoms with Crippen LogP contribution in [0.3, 0.4) is 0 Å². The van der Waals surface area contributed by atoms with Gasteiger partial charge in [0.2, 0.25) is 0 Å². The van der Waals surface area contributed by atoms with Crippen LogP contribution in [0.4, 0.5) is 0 Å². The van der Waals surface area contributed by atoms with Gasteiger partial charge < -0.3 is 5.11 Å². The first-order chi connectivity index (χ1) is 8.40. The number of hydrogen-bond donors (Lipinski definition) is 1. The predicted octanol–water partition coefficient (Wildman–Crippen LogP) is 2.33. The molecular weight excluding hydrogens is 228 g/mol. The third kappa shape index (κ3) is 1.15. The molecule has 0 saturated heterocycles. The number of hydrogen-bond acceptors (Lipinski definition) is 2. The predicted molar refractivity (Wildman–Crippen MR) is 68.4 cm³/mol. The van der Waals surface area contributed by atoms with Gasteiger partial charge in [0.1, 0.15) is 5.41 Å². The number of aromatic nitrogens is 2. The van der Waals surface area contributed by atoms with E-state index in [9.17, 15) is 9.90 Å². The van der Waals surface area contributed by atoms with Crippen LogP contribution < -0.4 is 0 Å². The fourth-order valence-electron chi connectivity index (χ4n) is 3.02. The zero-order chi connectivity index (χ0) is 13.1. The minimum absolute atomic E-state index is 0.226. The summed E-state index contributed by atoms with van der Waals surface area (Å²) in [4.78, 5) is 11.7. The summed E-state index contributed by atoms with van der Waals surface area (Å²) in [5.74, 6) is -0.767. The van der Waals surface area contributed by atoms with Gasteiger partial charge in [0, 0.05) is 12.4 Å². The van der Waals surface area contributed by atoms with Gasteiger partial charge in [0.05, 0.1) is 11.2 Å². The first-order valence-corrected chi connectivity index (χ1v) is 6.06. The molecule has 1 heterocycles. The minimum Gasteiger partial charge on any atom is -0.481 e. The van der Waals surface area contributed by atoms with E-state index in [1.807, 2.05) is 45.2 Å². The van der Waals surface area contributed by atoms with Crippen LogP contribution >= 0.6 is 0 Å². The van der Waals surface area contributed by atoms with E-state index >= 15 is 0 Å². The number of fused-ring (bicyclic) bond motifs is 1. The number of benzene rings is 1. The van der Waals surface area contributed by atoms with Crippen LogP contribution in [0.5, 0.6) is 0 Å². The molecule has 94 valence electrons. The van der Waals surface area contributed by atoms with Crippen LogP contribution in [0, 0.1) is 5.41 Å². The Labute approximate surface area is 105 Å². The quantitative estimate of drug-likeness (QED) is 0.882. The zero-order valence-corrected chi connectivity index (χ0v) is 10.8. The Balaban J connectivity index is 2.31. The second-order valence-electron chi connectivity index (χ2n) is 5.76. The topological polar surface area (TPSA) is 55.1 Å². The first-order valence-electron chi connectivity index (χ1n) is 6.06. The van der Waals surface area contributed by atoms with Crippen molar-refractivity contribution < 1.29 is 9.90 Å². The lowest BCUT2D eigenvalue weighted by Gasteiger charge is -2.13. The summed E-state index contributed by atoms with van der Waals surface area (Å²) in [5, 5.41) is 15.0. The molecule has 1 aromatic carbocycles. The van der Waals surface area contributed by atoms with Gasteiger partial charge in [0.15, 0.2) is 0 Å². The van der Waals surface area contributed by atoms with Crippen molar-refractivity contribution in [2.24, 2.45) is 12.5 Å². The molecular formula is C14H16N2O2. The second-order valence-corrected chi connectivity index (χ2v) is 5.76. The highest BCUT2D eigenvalue weighted by Gasteiger charge is 2.69. The fourth-order valence-corrected chi connectivity index (χ4v) is 3.02. The Bertz CT molecular complexity index is 657. The third-order valence-electron chi connectivity index (χ3n) is 4.26. The third-order valence-corrected chi connectivity index (χ3v) is 4.26. The standard InChI is InChI=1S/C14H16N2O2/c1-13(2)8-14(13,12(17)18)11-9-6-4-5-7-10(9)16(3)15-11/h4-7H,8H2,1-3H3,(H,17,18). The van der Waals surface area contributed by atoms with Gasteiger partial charge >= 0.3 is 5.97 Å². The Kier molecular flexibility index (Phi) is 1.96. The normalized spacial score (nSPS) is 25.3. The molecule has 1 fully saturated rings. The van der Waals surface area contributed by atoms with E-state index in [0.29, 0.717) is 12.1 Å². The minimum atomic E-state index is -0.826. The maximum absolute atomic E-state index is 11.7. The van der Waals surface area contributed by atoms with Crippen LogP contribution in [-0.2, 0) is 17.3 Å². The molecule has 0 spiro atoms. The van der Waals surface area contributed by atoms with Gasteiger partial charge in [-0.3, -0.25) is 9.48 Å². The summed E-state index contributed by atoms with van der Waals surface area (Å²) in [7, 11) is 1.86. The van der Waals surface area contributed by atoms with Crippen LogP contribution in [0.1, 0.15) is 26.0 Å². The summed E-state index contributed by atoms with van der Waals surface area (Å²) in [6.45, 7) is 3.98. The Hall–Kier alpha value is -1.84. The average molecular weight is 244 g/mol. The molecule has 1 aromatic heterocycles. The number of nitrogens with zero attached hydrogens (tertiary/aromatic N) is 2. The number of aryl methyl sites for hydroxylation is 1. The van der Waals surface area contributed by atoms with Crippen LogP contribution in [-0.4, -0.2) is 20.9 Å². The van der Waals surface area contributed by atoms with Gasteiger partial charge in [-0.05, 0) is 17.9 Å². The van der Waals surface area contributed by atoms with E-state index in [0.717, 1.165) is 10.9 Å². The van der Waals surface area contributed by atoms with E-state index < -0.39 is 11.4 Å². The van der Waals surface area contributed by atoms with Crippen molar-refractivity contribution in [1.82, 2.24) is 9.78 Å². The lowest BCUT2D eigenvalue weighted by atomic mass is 9.90. The molecule has 2 aromatic rings. The number of para-hydroxylation sites is 1. The summed E-state index contributed by atoms with van der Waals surface area (Å²) < 4.78 is 1.77. The molecule has 1 aliphatic rings. The van der Waals surface area contributed by atoms with Gasteiger partial charge in [-0.2, -0.15) is 5.10 Å². The van der Waals surface area contributed by atoms with E-state index in [2.05, 4.69) is 5.10 Å². The lowest BCUT2D eigenvalue weighted by molar-refractivity contribution is -0.141. The lowest BCUT2D eigenvalue weighted by Crippen LogP contribution is -2.26. The first kappa shape index (κ1) is 11.3. The van der Waals surface area contributed by atoms with Crippen molar-refractivity contribution in [2.75, 3.05) is 0 Å². The molecule has 1 N–H and O–H groups in total. The van der Waals surface area contributed by atoms with E-state index in [-0.39, 0.29) is 5.41 Å². The van der Waals surface area contributed by atoms with Gasteiger partial charge in [0.25, 0.3) is 0 Å². The highest BCUT2D eigenvalue weighted by molar-refractivity contribution is 5.94. The fraction of sp³-hybridized carbons (Fsp3) is 0.429. The maximum Gasteiger partial charge on any atom is 0.316 e. The molecule has 0 amide bonds. The molecule has 1 unspecified atom stereocenters. The van der Waals surface area contributed by atoms with Crippen molar-refractivity contribution in [1.29, 1.82) is 0 Å².